The Balaban J connectivity index is 1.51. The molecule has 6 nitrogen and oxygen atoms in total. The van der Waals surface area contributed by atoms with Crippen LogP contribution in [0.5, 0.6) is 11.5 Å². The summed E-state index contributed by atoms with van der Waals surface area (Å²) in [5.41, 5.74) is 1.95. The first-order chi connectivity index (χ1) is 14.0. The molecule has 0 aromatic heterocycles. The lowest BCUT2D eigenvalue weighted by atomic mass is 9.82. The van der Waals surface area contributed by atoms with Gasteiger partial charge in [-0.1, -0.05) is 23.8 Å². The van der Waals surface area contributed by atoms with Crippen LogP contribution < -0.4 is 14.4 Å². The zero-order chi connectivity index (χ0) is 20.5. The molecular formula is C23H21NO5. The third-order valence-corrected chi connectivity index (χ3v) is 5.46. The van der Waals surface area contributed by atoms with E-state index < -0.39 is 5.97 Å². The van der Waals surface area contributed by atoms with Gasteiger partial charge in [-0.3, -0.25) is 14.5 Å². The predicted molar refractivity (Wildman–Crippen MR) is 107 cm³/mol. The normalized spacial score (nSPS) is 20.9. The van der Waals surface area contributed by atoms with Gasteiger partial charge >= 0.3 is 5.97 Å². The molecule has 1 saturated heterocycles. The first-order valence-corrected chi connectivity index (χ1v) is 9.48. The lowest BCUT2D eigenvalue weighted by molar-refractivity contribution is -0.122. The first-order valence-electron chi connectivity index (χ1n) is 9.48. The molecule has 2 aromatic rings. The van der Waals surface area contributed by atoms with Crippen LogP contribution in [0.4, 0.5) is 5.69 Å². The van der Waals surface area contributed by atoms with Crippen molar-refractivity contribution in [3.8, 4) is 11.5 Å². The van der Waals surface area contributed by atoms with Crippen molar-refractivity contribution in [2.24, 2.45) is 11.8 Å². The van der Waals surface area contributed by atoms with Gasteiger partial charge in [0.05, 0.1) is 24.6 Å². The minimum Gasteiger partial charge on any atom is -0.496 e. The number of hydrogen-bond donors (Lipinski definition) is 0. The number of allylic oxidation sites excluding steroid dienone is 2. The monoisotopic (exact) mass is 391 g/mol. The number of hydrogen-bond acceptors (Lipinski definition) is 5. The van der Waals surface area contributed by atoms with Gasteiger partial charge in [0.1, 0.15) is 17.1 Å². The van der Waals surface area contributed by atoms with Crippen LogP contribution in [0, 0.1) is 11.8 Å². The van der Waals surface area contributed by atoms with Crippen molar-refractivity contribution in [2.45, 2.75) is 19.8 Å². The van der Waals surface area contributed by atoms with Crippen molar-refractivity contribution in [1.29, 1.82) is 0 Å². The maximum atomic E-state index is 12.8. The van der Waals surface area contributed by atoms with E-state index >= 15 is 0 Å². The minimum atomic E-state index is -0.545. The lowest BCUT2D eigenvalue weighted by Gasteiger charge is -2.18. The Morgan fingerprint density at radius 3 is 2.41 bits per heavy atom. The maximum absolute atomic E-state index is 12.8. The Labute approximate surface area is 168 Å². The Bertz CT molecular complexity index is 1010. The lowest BCUT2D eigenvalue weighted by Crippen LogP contribution is -2.30. The fourth-order valence-corrected chi connectivity index (χ4v) is 3.93. The van der Waals surface area contributed by atoms with Gasteiger partial charge in [-0.05, 0) is 56.2 Å². The van der Waals surface area contributed by atoms with E-state index in [1.165, 1.54) is 12.0 Å². The molecule has 0 radical (unpaired) electrons. The van der Waals surface area contributed by atoms with Crippen LogP contribution in [0.15, 0.2) is 60.2 Å². The molecule has 1 aliphatic carbocycles. The molecular weight excluding hydrogens is 370 g/mol. The summed E-state index contributed by atoms with van der Waals surface area (Å²) in [6.07, 6.45) is 3.27. The van der Waals surface area contributed by atoms with Crippen molar-refractivity contribution in [2.75, 3.05) is 12.0 Å². The summed E-state index contributed by atoms with van der Waals surface area (Å²) >= 11 is 0. The van der Waals surface area contributed by atoms with Crippen LogP contribution in [0.25, 0.3) is 0 Å². The molecule has 2 atom stereocenters. The van der Waals surface area contributed by atoms with Gasteiger partial charge in [0.25, 0.3) is 0 Å². The molecule has 0 saturated carbocycles. The standard InChI is InChI=1S/C23H21NO5/c1-14-7-12-17-19(13-14)22(26)24(21(17)25)15-8-10-16(11-9-15)29-23(27)18-5-3-4-6-20(18)28-2/h3-11,17,19H,12-13H2,1-2H3/t17-,19+/m1/s1. The summed E-state index contributed by atoms with van der Waals surface area (Å²) in [7, 11) is 1.49. The van der Waals surface area contributed by atoms with Crippen molar-refractivity contribution >= 4 is 23.5 Å². The van der Waals surface area contributed by atoms with E-state index in [-0.39, 0.29) is 23.7 Å². The molecule has 1 aliphatic heterocycles. The van der Waals surface area contributed by atoms with E-state index in [0.717, 1.165) is 5.57 Å². The van der Waals surface area contributed by atoms with Gasteiger partial charge in [0, 0.05) is 0 Å². The van der Waals surface area contributed by atoms with Crippen LogP contribution >= 0.6 is 0 Å². The summed E-state index contributed by atoms with van der Waals surface area (Å²) in [6, 6.07) is 13.2. The molecule has 1 heterocycles. The van der Waals surface area contributed by atoms with E-state index in [1.54, 1.807) is 48.5 Å². The van der Waals surface area contributed by atoms with Crippen LogP contribution in [0.2, 0.25) is 0 Å². The molecule has 0 unspecified atom stereocenters. The fraction of sp³-hybridized carbons (Fsp3) is 0.261. The van der Waals surface area contributed by atoms with E-state index in [1.807, 2.05) is 13.0 Å². The molecule has 0 bridgehead atoms. The number of para-hydroxylation sites is 1. The van der Waals surface area contributed by atoms with Crippen LogP contribution in [0.3, 0.4) is 0 Å². The summed E-state index contributed by atoms with van der Waals surface area (Å²) in [5.74, 6) is -0.692. The maximum Gasteiger partial charge on any atom is 0.347 e. The van der Waals surface area contributed by atoms with E-state index in [4.69, 9.17) is 9.47 Å². The Morgan fingerprint density at radius 2 is 1.69 bits per heavy atom. The number of nitrogens with zero attached hydrogens (tertiary/aromatic N) is 1. The quantitative estimate of drug-likeness (QED) is 0.343. The smallest absolute Gasteiger partial charge is 0.347 e. The summed E-state index contributed by atoms with van der Waals surface area (Å²) in [5, 5.41) is 0. The molecule has 6 heteroatoms. The van der Waals surface area contributed by atoms with Crippen molar-refractivity contribution < 1.29 is 23.9 Å². The highest BCUT2D eigenvalue weighted by molar-refractivity contribution is 6.22. The predicted octanol–water partition coefficient (Wildman–Crippen LogP) is 3.76. The van der Waals surface area contributed by atoms with Gasteiger partial charge in [-0.2, -0.15) is 0 Å². The van der Waals surface area contributed by atoms with E-state index in [2.05, 4.69) is 0 Å². The number of anilines is 1. The zero-order valence-electron chi connectivity index (χ0n) is 16.3. The summed E-state index contributed by atoms with van der Waals surface area (Å²) in [6.45, 7) is 1.99. The Morgan fingerprint density at radius 1 is 1.00 bits per heavy atom. The number of carbonyl (C=O) groups excluding carboxylic acids is 3. The molecule has 0 N–H and O–H groups in total. The van der Waals surface area contributed by atoms with Crippen molar-refractivity contribution in [3.05, 3.63) is 65.7 Å². The number of carbonyl (C=O) groups is 3. The van der Waals surface area contributed by atoms with Crippen molar-refractivity contribution in [3.63, 3.8) is 0 Å². The molecule has 2 aliphatic rings. The van der Waals surface area contributed by atoms with Gasteiger partial charge in [-0.25, -0.2) is 4.79 Å². The third kappa shape index (κ3) is 3.42. The highest BCUT2D eigenvalue weighted by atomic mass is 16.5. The van der Waals surface area contributed by atoms with E-state index in [9.17, 15) is 14.4 Å². The number of ether oxygens (including phenoxy) is 2. The average molecular weight is 391 g/mol. The Kier molecular flexibility index (Phi) is 4.92. The molecule has 29 heavy (non-hydrogen) atoms. The van der Waals surface area contributed by atoms with Gasteiger partial charge in [-0.15, -0.1) is 0 Å². The second-order valence-corrected chi connectivity index (χ2v) is 7.30. The molecule has 1 fully saturated rings. The summed E-state index contributed by atoms with van der Waals surface area (Å²) in [4.78, 5) is 39.2. The topological polar surface area (TPSA) is 72.9 Å². The van der Waals surface area contributed by atoms with Gasteiger partial charge in [0.2, 0.25) is 11.8 Å². The third-order valence-electron chi connectivity index (χ3n) is 5.46. The number of rotatable bonds is 4. The average Bonchev–Trinajstić information content (AvgIpc) is 2.98. The number of fused-ring (bicyclic) bond motifs is 1. The zero-order valence-corrected chi connectivity index (χ0v) is 16.3. The second-order valence-electron chi connectivity index (χ2n) is 7.30. The largest absolute Gasteiger partial charge is 0.496 e. The SMILES string of the molecule is COc1ccccc1C(=O)Oc1ccc(N2C(=O)[C@H]3CC(C)=CC[C@H]3C2=O)cc1. The number of imide groups is 1. The Hall–Kier alpha value is -3.41. The van der Waals surface area contributed by atoms with Crippen LogP contribution in [-0.2, 0) is 9.59 Å². The number of benzene rings is 2. The number of esters is 1. The number of amides is 2. The first kappa shape index (κ1) is 18.9. The molecule has 148 valence electrons. The van der Waals surface area contributed by atoms with Crippen LogP contribution in [-0.4, -0.2) is 24.9 Å². The second kappa shape index (κ2) is 7.54. The minimum absolute atomic E-state index is 0.161. The molecule has 2 amide bonds. The molecule has 0 spiro atoms. The molecule has 4 rings (SSSR count). The van der Waals surface area contributed by atoms with Gasteiger partial charge < -0.3 is 9.47 Å². The highest BCUT2D eigenvalue weighted by Crippen LogP contribution is 2.40. The summed E-state index contributed by atoms with van der Waals surface area (Å²) < 4.78 is 10.6. The fourth-order valence-electron chi connectivity index (χ4n) is 3.93. The van der Waals surface area contributed by atoms with Crippen molar-refractivity contribution in [1.82, 2.24) is 0 Å². The van der Waals surface area contributed by atoms with E-state index in [0.29, 0.717) is 35.6 Å². The molecule has 2 aromatic carbocycles. The van der Waals surface area contributed by atoms with Crippen LogP contribution in [0.1, 0.15) is 30.1 Å². The highest BCUT2D eigenvalue weighted by Gasteiger charge is 2.48. The number of methoxy groups -OCH3 is 1. The van der Waals surface area contributed by atoms with Gasteiger partial charge in [0.15, 0.2) is 0 Å².